The van der Waals surface area contributed by atoms with Crippen LogP contribution in [0.25, 0.3) is 0 Å². The van der Waals surface area contributed by atoms with Crippen LogP contribution in [-0.4, -0.2) is 17.8 Å². The molecular formula is C12H21NO2. The van der Waals surface area contributed by atoms with E-state index in [1.54, 1.807) is 0 Å². The molecule has 3 nitrogen and oxygen atoms in total. The highest BCUT2D eigenvalue weighted by Gasteiger charge is 2.10. The van der Waals surface area contributed by atoms with Gasteiger partial charge in [0.2, 0.25) is 0 Å². The van der Waals surface area contributed by atoms with Crippen molar-refractivity contribution >= 4 is 0 Å². The van der Waals surface area contributed by atoms with E-state index in [2.05, 4.69) is 12.2 Å². The topological polar surface area (TPSA) is 45.4 Å². The van der Waals surface area contributed by atoms with Gasteiger partial charge in [-0.3, -0.25) is 0 Å². The number of aliphatic hydroxyl groups excluding tert-OH is 1. The fourth-order valence-electron chi connectivity index (χ4n) is 1.53. The van der Waals surface area contributed by atoms with Crippen molar-refractivity contribution in [2.45, 2.75) is 45.8 Å². The number of nitrogens with one attached hydrogen (secondary N) is 1. The fraction of sp³-hybridized carbons (Fsp3) is 0.667. The van der Waals surface area contributed by atoms with Gasteiger partial charge in [-0.05, 0) is 32.4 Å². The van der Waals surface area contributed by atoms with Crippen LogP contribution in [-0.2, 0) is 0 Å². The summed E-state index contributed by atoms with van der Waals surface area (Å²) in [6, 6.07) is 4.08. The molecule has 0 aliphatic heterocycles. The number of furan rings is 1. The summed E-state index contributed by atoms with van der Waals surface area (Å²) in [5.41, 5.74) is 0. The maximum atomic E-state index is 9.56. The Morgan fingerprint density at radius 1 is 1.47 bits per heavy atom. The summed E-state index contributed by atoms with van der Waals surface area (Å²) in [5, 5.41) is 12.8. The minimum Gasteiger partial charge on any atom is -0.465 e. The van der Waals surface area contributed by atoms with Crippen LogP contribution in [0.4, 0.5) is 0 Å². The summed E-state index contributed by atoms with van der Waals surface area (Å²) in [7, 11) is 0. The Morgan fingerprint density at radius 3 is 2.73 bits per heavy atom. The van der Waals surface area contributed by atoms with Crippen molar-refractivity contribution in [1.82, 2.24) is 5.32 Å². The SMILES string of the molecule is CCCC(O)CNC(C)c1ccc(C)o1. The van der Waals surface area contributed by atoms with E-state index in [4.69, 9.17) is 4.42 Å². The van der Waals surface area contributed by atoms with Gasteiger partial charge < -0.3 is 14.8 Å². The van der Waals surface area contributed by atoms with Gasteiger partial charge in [-0.1, -0.05) is 13.3 Å². The summed E-state index contributed by atoms with van der Waals surface area (Å²) < 4.78 is 5.49. The molecule has 0 saturated heterocycles. The summed E-state index contributed by atoms with van der Waals surface area (Å²) >= 11 is 0. The largest absolute Gasteiger partial charge is 0.465 e. The van der Waals surface area contributed by atoms with Gasteiger partial charge in [0, 0.05) is 6.54 Å². The Balaban J connectivity index is 2.33. The molecule has 1 aromatic heterocycles. The van der Waals surface area contributed by atoms with Gasteiger partial charge in [0.15, 0.2) is 0 Å². The molecule has 0 aliphatic rings. The molecule has 0 bridgehead atoms. The lowest BCUT2D eigenvalue weighted by Crippen LogP contribution is -2.28. The molecule has 0 radical (unpaired) electrons. The van der Waals surface area contributed by atoms with E-state index in [-0.39, 0.29) is 12.1 Å². The third-order valence-corrected chi connectivity index (χ3v) is 2.47. The molecule has 1 aromatic rings. The van der Waals surface area contributed by atoms with Crippen LogP contribution in [0.5, 0.6) is 0 Å². The lowest BCUT2D eigenvalue weighted by Gasteiger charge is -2.14. The van der Waals surface area contributed by atoms with E-state index in [1.165, 1.54) is 0 Å². The van der Waals surface area contributed by atoms with E-state index in [0.717, 1.165) is 24.4 Å². The van der Waals surface area contributed by atoms with Crippen molar-refractivity contribution in [3.8, 4) is 0 Å². The molecule has 3 heteroatoms. The van der Waals surface area contributed by atoms with E-state index in [1.807, 2.05) is 26.0 Å². The van der Waals surface area contributed by atoms with Crippen molar-refractivity contribution in [3.05, 3.63) is 23.7 Å². The molecule has 0 aliphatic carbocycles. The number of aryl methyl sites for hydroxylation is 1. The zero-order valence-electron chi connectivity index (χ0n) is 9.79. The Morgan fingerprint density at radius 2 is 2.20 bits per heavy atom. The second-order valence-electron chi connectivity index (χ2n) is 4.02. The second-order valence-corrected chi connectivity index (χ2v) is 4.02. The summed E-state index contributed by atoms with van der Waals surface area (Å²) in [6.45, 7) is 6.66. The molecule has 1 heterocycles. The molecule has 15 heavy (non-hydrogen) atoms. The van der Waals surface area contributed by atoms with Crippen molar-refractivity contribution in [1.29, 1.82) is 0 Å². The van der Waals surface area contributed by atoms with Crippen LogP contribution in [0.1, 0.15) is 44.3 Å². The molecule has 1 rings (SSSR count). The standard InChI is InChI=1S/C12H21NO2/c1-4-5-11(14)8-13-10(3)12-7-6-9(2)15-12/h6-7,10-11,13-14H,4-5,8H2,1-3H3. The third-order valence-electron chi connectivity index (χ3n) is 2.47. The average molecular weight is 211 g/mol. The molecule has 2 N–H and O–H groups in total. The van der Waals surface area contributed by atoms with Crippen molar-refractivity contribution in [2.75, 3.05) is 6.54 Å². The number of hydrogen-bond donors (Lipinski definition) is 2. The van der Waals surface area contributed by atoms with Crippen LogP contribution in [0.2, 0.25) is 0 Å². The number of rotatable bonds is 6. The van der Waals surface area contributed by atoms with Gasteiger partial charge in [-0.2, -0.15) is 0 Å². The first-order chi connectivity index (χ1) is 7.13. The Hall–Kier alpha value is -0.800. The monoisotopic (exact) mass is 211 g/mol. The van der Waals surface area contributed by atoms with Crippen LogP contribution in [0, 0.1) is 6.92 Å². The first-order valence-electron chi connectivity index (χ1n) is 5.61. The normalized spacial score (nSPS) is 15.2. The molecule has 0 saturated carbocycles. The van der Waals surface area contributed by atoms with Gasteiger partial charge in [0.05, 0.1) is 12.1 Å². The van der Waals surface area contributed by atoms with Crippen LogP contribution in [0.15, 0.2) is 16.5 Å². The maximum absolute atomic E-state index is 9.56. The fourth-order valence-corrected chi connectivity index (χ4v) is 1.53. The lowest BCUT2D eigenvalue weighted by molar-refractivity contribution is 0.155. The lowest BCUT2D eigenvalue weighted by atomic mass is 10.2. The minimum absolute atomic E-state index is 0.158. The molecule has 0 spiro atoms. The van der Waals surface area contributed by atoms with Gasteiger partial charge in [0.1, 0.15) is 11.5 Å². The van der Waals surface area contributed by atoms with Gasteiger partial charge >= 0.3 is 0 Å². The molecule has 86 valence electrons. The summed E-state index contributed by atoms with van der Waals surface area (Å²) in [4.78, 5) is 0. The summed E-state index contributed by atoms with van der Waals surface area (Å²) in [5.74, 6) is 1.85. The quantitative estimate of drug-likeness (QED) is 0.759. The Bertz CT molecular complexity index is 283. The van der Waals surface area contributed by atoms with Crippen molar-refractivity contribution in [3.63, 3.8) is 0 Å². The van der Waals surface area contributed by atoms with E-state index in [0.29, 0.717) is 6.54 Å². The smallest absolute Gasteiger partial charge is 0.120 e. The summed E-state index contributed by atoms with van der Waals surface area (Å²) in [6.07, 6.45) is 1.60. The van der Waals surface area contributed by atoms with E-state index in [9.17, 15) is 5.11 Å². The molecule has 0 aromatic carbocycles. The zero-order valence-corrected chi connectivity index (χ0v) is 9.79. The molecular weight excluding hydrogens is 190 g/mol. The molecule has 2 atom stereocenters. The molecule has 0 fully saturated rings. The number of aliphatic hydroxyl groups is 1. The van der Waals surface area contributed by atoms with Gasteiger partial charge in [-0.15, -0.1) is 0 Å². The number of hydrogen-bond acceptors (Lipinski definition) is 3. The average Bonchev–Trinajstić information content (AvgIpc) is 2.62. The van der Waals surface area contributed by atoms with E-state index < -0.39 is 0 Å². The van der Waals surface area contributed by atoms with Gasteiger partial charge in [0.25, 0.3) is 0 Å². The third kappa shape index (κ3) is 4.06. The predicted octanol–water partition coefficient (Wildman–Crippen LogP) is 2.40. The highest BCUT2D eigenvalue weighted by atomic mass is 16.3. The van der Waals surface area contributed by atoms with Crippen LogP contribution >= 0.6 is 0 Å². The maximum Gasteiger partial charge on any atom is 0.120 e. The first-order valence-corrected chi connectivity index (χ1v) is 5.61. The second kappa shape index (κ2) is 5.93. The molecule has 2 unspecified atom stereocenters. The highest BCUT2D eigenvalue weighted by molar-refractivity contribution is 5.08. The van der Waals surface area contributed by atoms with Crippen molar-refractivity contribution < 1.29 is 9.52 Å². The minimum atomic E-state index is -0.256. The zero-order chi connectivity index (χ0) is 11.3. The first kappa shape index (κ1) is 12.3. The van der Waals surface area contributed by atoms with Crippen molar-refractivity contribution in [2.24, 2.45) is 0 Å². The Kier molecular flexibility index (Phi) is 4.85. The van der Waals surface area contributed by atoms with Gasteiger partial charge in [-0.25, -0.2) is 0 Å². The Labute approximate surface area is 91.5 Å². The molecule has 0 amide bonds. The van der Waals surface area contributed by atoms with Crippen LogP contribution in [0.3, 0.4) is 0 Å². The predicted molar refractivity (Wildman–Crippen MR) is 60.8 cm³/mol. The van der Waals surface area contributed by atoms with E-state index >= 15 is 0 Å². The van der Waals surface area contributed by atoms with Crippen LogP contribution < -0.4 is 5.32 Å². The highest BCUT2D eigenvalue weighted by Crippen LogP contribution is 2.15.